The number of likely N-dealkylation sites (N-methyl/N-ethyl adjacent to an activating group) is 1. The largest absolute Gasteiger partial charge is 0.490 e. The third-order valence-corrected chi connectivity index (χ3v) is 2.85. The number of ether oxygens (including phenoxy) is 1. The highest BCUT2D eigenvalue weighted by atomic mass is 16.5. The van der Waals surface area contributed by atoms with E-state index in [0.29, 0.717) is 6.61 Å². The van der Waals surface area contributed by atoms with Gasteiger partial charge in [-0.3, -0.25) is 4.98 Å². The average Bonchev–Trinajstić information content (AvgIpc) is 2.31. The molecule has 18 heavy (non-hydrogen) atoms. The highest BCUT2D eigenvalue weighted by Crippen LogP contribution is 2.18. The van der Waals surface area contributed by atoms with Gasteiger partial charge in [0.2, 0.25) is 0 Å². The normalized spacial score (nSPS) is 12.8. The first-order chi connectivity index (χ1) is 8.52. The number of aryl methyl sites for hydroxylation is 1. The SMILES string of the molecule is CCC(N)Cc1nc(C)ccc1OCCN(C)C. The van der Waals surface area contributed by atoms with E-state index >= 15 is 0 Å². The van der Waals surface area contributed by atoms with Crippen LogP contribution in [0.3, 0.4) is 0 Å². The Labute approximate surface area is 110 Å². The minimum absolute atomic E-state index is 0.149. The molecule has 102 valence electrons. The van der Waals surface area contributed by atoms with Gasteiger partial charge < -0.3 is 15.4 Å². The average molecular weight is 251 g/mol. The number of hydrogen-bond donors (Lipinski definition) is 1. The van der Waals surface area contributed by atoms with Gasteiger partial charge in [0, 0.05) is 24.7 Å². The van der Waals surface area contributed by atoms with Crippen molar-refractivity contribution in [2.75, 3.05) is 27.2 Å². The first-order valence-corrected chi connectivity index (χ1v) is 6.52. The molecule has 0 amide bonds. The Balaban J connectivity index is 2.70. The predicted octanol–water partition coefficient (Wildman–Crippen LogP) is 1.61. The van der Waals surface area contributed by atoms with Crippen LogP contribution in [0.15, 0.2) is 12.1 Å². The molecule has 4 heteroatoms. The van der Waals surface area contributed by atoms with Gasteiger partial charge in [-0.05, 0) is 39.6 Å². The smallest absolute Gasteiger partial charge is 0.140 e. The van der Waals surface area contributed by atoms with Crippen LogP contribution in [-0.2, 0) is 6.42 Å². The van der Waals surface area contributed by atoms with Gasteiger partial charge >= 0.3 is 0 Å². The standard InChI is InChI=1S/C14H25N3O/c1-5-12(15)10-13-14(7-6-11(2)16-13)18-9-8-17(3)4/h6-7,12H,5,8-10,15H2,1-4H3. The van der Waals surface area contributed by atoms with Crippen molar-refractivity contribution in [1.82, 2.24) is 9.88 Å². The molecule has 1 unspecified atom stereocenters. The molecule has 0 bridgehead atoms. The van der Waals surface area contributed by atoms with Gasteiger partial charge in [0.05, 0.1) is 5.69 Å². The zero-order chi connectivity index (χ0) is 13.5. The number of nitrogens with two attached hydrogens (primary N) is 1. The molecule has 1 heterocycles. The summed E-state index contributed by atoms with van der Waals surface area (Å²) in [5.74, 6) is 0.867. The lowest BCUT2D eigenvalue weighted by Crippen LogP contribution is -2.23. The van der Waals surface area contributed by atoms with Crippen molar-refractivity contribution in [3.05, 3.63) is 23.5 Å². The molecule has 0 saturated heterocycles. The second kappa shape index (κ2) is 7.34. The first kappa shape index (κ1) is 14.9. The Morgan fingerprint density at radius 1 is 1.39 bits per heavy atom. The van der Waals surface area contributed by atoms with Gasteiger partial charge in [-0.15, -0.1) is 0 Å². The molecule has 0 aliphatic heterocycles. The van der Waals surface area contributed by atoms with E-state index in [-0.39, 0.29) is 6.04 Å². The van der Waals surface area contributed by atoms with Crippen molar-refractivity contribution in [2.24, 2.45) is 5.73 Å². The van der Waals surface area contributed by atoms with Crippen LogP contribution in [0.2, 0.25) is 0 Å². The van der Waals surface area contributed by atoms with Crippen LogP contribution in [0, 0.1) is 6.92 Å². The number of hydrogen-bond acceptors (Lipinski definition) is 4. The van der Waals surface area contributed by atoms with Crippen molar-refractivity contribution in [1.29, 1.82) is 0 Å². The predicted molar refractivity (Wildman–Crippen MR) is 75.0 cm³/mol. The molecule has 0 saturated carbocycles. The van der Waals surface area contributed by atoms with E-state index in [1.54, 1.807) is 0 Å². The van der Waals surface area contributed by atoms with Crippen LogP contribution in [-0.4, -0.2) is 43.2 Å². The summed E-state index contributed by atoms with van der Waals surface area (Å²) in [5, 5.41) is 0. The van der Waals surface area contributed by atoms with Crippen LogP contribution in [0.25, 0.3) is 0 Å². The lowest BCUT2D eigenvalue weighted by molar-refractivity contribution is 0.258. The van der Waals surface area contributed by atoms with E-state index in [4.69, 9.17) is 10.5 Å². The summed E-state index contributed by atoms with van der Waals surface area (Å²) in [6, 6.07) is 4.12. The Kier molecular flexibility index (Phi) is 6.09. The molecule has 0 aromatic carbocycles. The third-order valence-electron chi connectivity index (χ3n) is 2.85. The van der Waals surface area contributed by atoms with E-state index in [1.807, 2.05) is 33.2 Å². The fourth-order valence-corrected chi connectivity index (χ4v) is 1.61. The summed E-state index contributed by atoms with van der Waals surface area (Å²) >= 11 is 0. The number of nitrogens with zero attached hydrogens (tertiary/aromatic N) is 2. The highest BCUT2D eigenvalue weighted by Gasteiger charge is 2.10. The van der Waals surface area contributed by atoms with Crippen LogP contribution < -0.4 is 10.5 Å². The topological polar surface area (TPSA) is 51.4 Å². The van der Waals surface area contributed by atoms with Gasteiger partial charge in [-0.25, -0.2) is 0 Å². The van der Waals surface area contributed by atoms with Gasteiger partial charge in [-0.2, -0.15) is 0 Å². The molecule has 1 rings (SSSR count). The maximum absolute atomic E-state index is 6.00. The van der Waals surface area contributed by atoms with Crippen molar-refractivity contribution >= 4 is 0 Å². The van der Waals surface area contributed by atoms with Gasteiger partial charge in [0.1, 0.15) is 12.4 Å². The van der Waals surface area contributed by atoms with Crippen molar-refractivity contribution in [2.45, 2.75) is 32.7 Å². The monoisotopic (exact) mass is 251 g/mol. The van der Waals surface area contributed by atoms with E-state index < -0.39 is 0 Å². The zero-order valence-corrected chi connectivity index (χ0v) is 11.9. The van der Waals surface area contributed by atoms with Crippen molar-refractivity contribution < 1.29 is 4.74 Å². The Morgan fingerprint density at radius 2 is 2.11 bits per heavy atom. The molecule has 0 radical (unpaired) electrons. The molecular weight excluding hydrogens is 226 g/mol. The quantitative estimate of drug-likeness (QED) is 0.800. The second-order valence-electron chi connectivity index (χ2n) is 4.92. The molecule has 4 nitrogen and oxygen atoms in total. The first-order valence-electron chi connectivity index (χ1n) is 6.52. The lowest BCUT2D eigenvalue weighted by atomic mass is 10.1. The maximum atomic E-state index is 6.00. The molecule has 0 fully saturated rings. The molecule has 1 atom stereocenters. The molecule has 0 aliphatic carbocycles. The number of rotatable bonds is 7. The van der Waals surface area contributed by atoms with Crippen LogP contribution in [0.5, 0.6) is 5.75 Å². The second-order valence-corrected chi connectivity index (χ2v) is 4.92. The summed E-state index contributed by atoms with van der Waals surface area (Å²) in [6.45, 7) is 5.65. The van der Waals surface area contributed by atoms with Crippen LogP contribution in [0.1, 0.15) is 24.7 Å². The van der Waals surface area contributed by atoms with Crippen LogP contribution >= 0.6 is 0 Å². The molecule has 2 N–H and O–H groups in total. The Morgan fingerprint density at radius 3 is 2.72 bits per heavy atom. The van der Waals surface area contributed by atoms with E-state index in [1.165, 1.54) is 0 Å². The van der Waals surface area contributed by atoms with Crippen molar-refractivity contribution in [3.63, 3.8) is 0 Å². The van der Waals surface area contributed by atoms with Crippen LogP contribution in [0.4, 0.5) is 0 Å². The Hall–Kier alpha value is -1.13. The fraction of sp³-hybridized carbons (Fsp3) is 0.643. The van der Waals surface area contributed by atoms with E-state index in [0.717, 1.165) is 36.5 Å². The zero-order valence-electron chi connectivity index (χ0n) is 11.9. The lowest BCUT2D eigenvalue weighted by Gasteiger charge is -2.15. The maximum Gasteiger partial charge on any atom is 0.140 e. The molecule has 1 aromatic heterocycles. The van der Waals surface area contributed by atoms with Gasteiger partial charge in [0.25, 0.3) is 0 Å². The van der Waals surface area contributed by atoms with E-state index in [9.17, 15) is 0 Å². The van der Waals surface area contributed by atoms with Crippen molar-refractivity contribution in [3.8, 4) is 5.75 Å². The number of pyridine rings is 1. The van der Waals surface area contributed by atoms with E-state index in [2.05, 4.69) is 16.8 Å². The minimum atomic E-state index is 0.149. The summed E-state index contributed by atoms with van der Waals surface area (Å²) in [6.07, 6.45) is 1.72. The molecule has 1 aromatic rings. The summed E-state index contributed by atoms with van der Waals surface area (Å²) in [7, 11) is 4.06. The summed E-state index contributed by atoms with van der Waals surface area (Å²) in [5.41, 5.74) is 7.98. The van der Waals surface area contributed by atoms with Gasteiger partial charge in [-0.1, -0.05) is 6.92 Å². The number of aromatic nitrogens is 1. The Bertz CT molecular complexity index is 366. The molecule has 0 aliphatic rings. The summed E-state index contributed by atoms with van der Waals surface area (Å²) < 4.78 is 5.79. The highest BCUT2D eigenvalue weighted by molar-refractivity contribution is 5.30. The minimum Gasteiger partial charge on any atom is -0.490 e. The summed E-state index contributed by atoms with van der Waals surface area (Å²) in [4.78, 5) is 6.64. The third kappa shape index (κ3) is 5.02. The van der Waals surface area contributed by atoms with Gasteiger partial charge in [0.15, 0.2) is 0 Å². The molecular formula is C14H25N3O. The fourth-order valence-electron chi connectivity index (χ4n) is 1.61. The molecule has 0 spiro atoms.